The summed E-state index contributed by atoms with van der Waals surface area (Å²) in [5, 5.41) is 21.1. The molecule has 0 saturated carbocycles. The maximum Gasteiger partial charge on any atom is 0.487 e. The van der Waals surface area contributed by atoms with Crippen LogP contribution >= 0.6 is 0 Å². The van der Waals surface area contributed by atoms with Crippen molar-refractivity contribution in [1.29, 1.82) is 0 Å². The van der Waals surface area contributed by atoms with Crippen molar-refractivity contribution in [2.24, 2.45) is 17.8 Å². The van der Waals surface area contributed by atoms with Gasteiger partial charge in [0.25, 0.3) is 0 Å². The van der Waals surface area contributed by atoms with Gasteiger partial charge in [-0.25, -0.2) is 0 Å². The van der Waals surface area contributed by atoms with E-state index < -0.39 is 25.1 Å². The Hall–Kier alpha value is -2.98. The highest BCUT2D eigenvalue weighted by Gasteiger charge is 2.59. The van der Waals surface area contributed by atoms with E-state index in [0.717, 1.165) is 43.6 Å². The van der Waals surface area contributed by atoms with Crippen molar-refractivity contribution >= 4 is 18.9 Å². The summed E-state index contributed by atoms with van der Waals surface area (Å²) < 4.78 is 11.5. The van der Waals surface area contributed by atoms with Crippen molar-refractivity contribution in [2.45, 2.75) is 44.4 Å². The number of imide groups is 1. The topological polar surface area (TPSA) is 99.5 Å². The minimum absolute atomic E-state index is 0.0888. The van der Waals surface area contributed by atoms with Crippen LogP contribution in [0.25, 0.3) is 0 Å². The Morgan fingerprint density at radius 1 is 1.03 bits per heavy atom. The van der Waals surface area contributed by atoms with Gasteiger partial charge in [0.2, 0.25) is 11.8 Å². The Balaban J connectivity index is 1.23. The third-order valence-corrected chi connectivity index (χ3v) is 8.98. The first-order chi connectivity index (χ1) is 18.9. The van der Waals surface area contributed by atoms with Gasteiger partial charge in [-0.1, -0.05) is 42.5 Å². The lowest BCUT2D eigenvalue weighted by atomic mass is 9.55. The highest BCUT2D eigenvalue weighted by molar-refractivity contribution is 6.53. The second-order valence-electron chi connectivity index (χ2n) is 11.3. The van der Waals surface area contributed by atoms with Crippen LogP contribution in [0.1, 0.15) is 42.9 Å². The highest BCUT2D eigenvalue weighted by Crippen LogP contribution is 2.52. The molecule has 0 unspecified atom stereocenters. The van der Waals surface area contributed by atoms with E-state index in [4.69, 9.17) is 9.39 Å². The van der Waals surface area contributed by atoms with E-state index in [9.17, 15) is 19.7 Å². The predicted molar refractivity (Wildman–Crippen MR) is 145 cm³/mol. The van der Waals surface area contributed by atoms with E-state index in [1.807, 2.05) is 24.3 Å². The van der Waals surface area contributed by atoms with E-state index in [0.29, 0.717) is 18.3 Å². The van der Waals surface area contributed by atoms with Gasteiger partial charge in [0.05, 0.1) is 24.5 Å². The predicted octanol–water partition coefficient (Wildman–Crippen LogP) is 3.10. The van der Waals surface area contributed by atoms with Crippen molar-refractivity contribution in [1.82, 2.24) is 9.80 Å². The molecular formula is C30H35BN2O6. The molecule has 4 aliphatic rings. The van der Waals surface area contributed by atoms with Gasteiger partial charge in [-0.05, 0) is 65.9 Å². The average molecular weight is 530 g/mol. The zero-order valence-electron chi connectivity index (χ0n) is 22.2. The van der Waals surface area contributed by atoms with Crippen LogP contribution in [0, 0.1) is 17.8 Å². The van der Waals surface area contributed by atoms with Gasteiger partial charge in [-0.2, -0.15) is 0 Å². The fourth-order valence-electron chi connectivity index (χ4n) is 7.22. The van der Waals surface area contributed by atoms with Gasteiger partial charge in [-0.3, -0.25) is 19.4 Å². The van der Waals surface area contributed by atoms with E-state index in [2.05, 4.69) is 17.0 Å². The van der Waals surface area contributed by atoms with Crippen LogP contribution < -0.4 is 0 Å². The first kappa shape index (κ1) is 26.3. The maximum absolute atomic E-state index is 14.0. The average Bonchev–Trinajstić information content (AvgIpc) is 3.19. The summed E-state index contributed by atoms with van der Waals surface area (Å²) in [6, 6.07) is 17.0. The fourth-order valence-corrected chi connectivity index (χ4v) is 7.22. The first-order valence-electron chi connectivity index (χ1n) is 13.9. The summed E-state index contributed by atoms with van der Waals surface area (Å²) in [6.07, 6.45) is 1.87. The Morgan fingerprint density at radius 2 is 1.79 bits per heavy atom. The fraction of sp³-hybridized carbons (Fsp3) is 0.467. The summed E-state index contributed by atoms with van der Waals surface area (Å²) in [6.45, 7) is 2.82. The number of nitrogens with zero attached hydrogens (tertiary/aromatic N) is 2. The number of aromatic hydroxyl groups is 1. The molecule has 0 aromatic heterocycles. The van der Waals surface area contributed by atoms with Crippen molar-refractivity contribution in [2.75, 3.05) is 26.8 Å². The van der Waals surface area contributed by atoms with Crippen LogP contribution in [0.3, 0.4) is 0 Å². The number of carbonyl (C=O) groups excluding carboxylic acids is 2. The second kappa shape index (κ2) is 10.9. The number of fused-ring (bicyclic) bond motifs is 3. The maximum atomic E-state index is 14.0. The minimum atomic E-state index is -1.19. The molecule has 2 N–H and O–H groups in total. The Labute approximate surface area is 229 Å². The normalized spacial score (nSPS) is 28.2. The zero-order chi connectivity index (χ0) is 27.1. The summed E-state index contributed by atoms with van der Waals surface area (Å²) in [5.74, 6) is -1.39. The number of allylic oxidation sites excluding steroid dienone is 1. The largest absolute Gasteiger partial charge is 0.508 e. The lowest BCUT2D eigenvalue weighted by molar-refractivity contribution is -0.144. The van der Waals surface area contributed by atoms with Crippen LogP contribution in [-0.2, 0) is 25.5 Å². The number of hydrogen-bond acceptors (Lipinski definition) is 7. The summed E-state index contributed by atoms with van der Waals surface area (Å²) in [7, 11) is 0.401. The van der Waals surface area contributed by atoms with Gasteiger partial charge >= 0.3 is 7.12 Å². The van der Waals surface area contributed by atoms with Crippen LogP contribution in [-0.4, -0.2) is 71.7 Å². The monoisotopic (exact) mass is 530 g/mol. The van der Waals surface area contributed by atoms with E-state index in [1.165, 1.54) is 5.56 Å². The number of benzene rings is 2. The molecule has 39 heavy (non-hydrogen) atoms. The number of rotatable bonds is 6. The van der Waals surface area contributed by atoms with Crippen molar-refractivity contribution < 1.29 is 29.1 Å². The zero-order valence-corrected chi connectivity index (χ0v) is 22.2. The molecule has 8 nitrogen and oxygen atoms in total. The quantitative estimate of drug-likeness (QED) is 0.438. The molecule has 4 atom stereocenters. The number of piperidine rings is 1. The number of methoxy groups -OCH3 is 1. The van der Waals surface area contributed by atoms with Crippen LogP contribution in [0.4, 0.5) is 0 Å². The molecule has 2 aromatic carbocycles. The number of ether oxygens (including phenoxy) is 1. The standard InChI is InChI=1S/C30H35BN2O6/c1-38-18-21-15-25-27(24-16-26(39-31(37)28(21)24)20-8-5-9-23(34)14-20)30(36)33(29(25)35)22-10-12-32(13-11-22)17-19-6-3-2-4-7-19/h2-9,14,22,24-27,34,37H,10-13,15-18H2,1H3/t24-,25-,26-,27+/m0/s1. The molecule has 0 spiro atoms. The molecule has 6 rings (SSSR count). The molecule has 3 heterocycles. The Morgan fingerprint density at radius 3 is 2.51 bits per heavy atom. The molecular weight excluding hydrogens is 495 g/mol. The smallest absolute Gasteiger partial charge is 0.487 e. The molecule has 3 saturated heterocycles. The number of amides is 2. The van der Waals surface area contributed by atoms with Crippen molar-refractivity contribution in [3.63, 3.8) is 0 Å². The van der Waals surface area contributed by atoms with E-state index >= 15 is 0 Å². The van der Waals surface area contributed by atoms with Gasteiger partial charge in [-0.15, -0.1) is 0 Å². The van der Waals surface area contributed by atoms with E-state index in [-0.39, 0.29) is 36.1 Å². The van der Waals surface area contributed by atoms with Crippen molar-refractivity contribution in [3.8, 4) is 5.75 Å². The summed E-state index contributed by atoms with van der Waals surface area (Å²) in [5.41, 5.74) is 3.54. The summed E-state index contributed by atoms with van der Waals surface area (Å²) >= 11 is 0. The molecule has 3 aliphatic heterocycles. The molecule has 0 radical (unpaired) electrons. The van der Waals surface area contributed by atoms with Crippen molar-refractivity contribution in [3.05, 3.63) is 76.8 Å². The van der Waals surface area contributed by atoms with Gasteiger partial charge in [0.1, 0.15) is 5.75 Å². The lowest BCUT2D eigenvalue weighted by Crippen LogP contribution is -2.48. The molecule has 2 amide bonds. The molecule has 3 fully saturated rings. The highest BCUT2D eigenvalue weighted by atomic mass is 16.5. The third-order valence-electron chi connectivity index (χ3n) is 8.98. The van der Waals surface area contributed by atoms with Crippen LogP contribution in [0.2, 0.25) is 0 Å². The Kier molecular flexibility index (Phi) is 7.33. The number of hydrogen-bond donors (Lipinski definition) is 2. The van der Waals surface area contributed by atoms with Crippen LogP contribution in [0.5, 0.6) is 5.75 Å². The molecule has 9 heteroatoms. The third kappa shape index (κ3) is 4.93. The molecule has 1 aliphatic carbocycles. The molecule has 204 valence electrons. The molecule has 0 bridgehead atoms. The number of phenols is 1. The number of likely N-dealkylation sites (tertiary alicyclic amines) is 2. The lowest BCUT2D eigenvalue weighted by Gasteiger charge is -2.42. The SMILES string of the molecule is COCC1=C2B(O)O[C@H](c3cccc(O)c3)C[C@H]2[C@H]2C(=O)N(C3CCN(Cc4ccccc4)CC3)C(=O)[C@H]2C1. The van der Waals surface area contributed by atoms with E-state index in [1.54, 1.807) is 30.2 Å². The minimum Gasteiger partial charge on any atom is -0.508 e. The van der Waals surface area contributed by atoms with Gasteiger partial charge < -0.3 is 19.5 Å². The molecule has 2 aromatic rings. The second-order valence-corrected chi connectivity index (χ2v) is 11.3. The summed E-state index contributed by atoms with van der Waals surface area (Å²) in [4.78, 5) is 31.8. The van der Waals surface area contributed by atoms with Gasteiger partial charge in [0.15, 0.2) is 0 Å². The number of phenolic OH excluding ortho intramolecular Hbond substituents is 1. The van der Waals surface area contributed by atoms with Crippen LogP contribution in [0.15, 0.2) is 65.6 Å². The number of carbonyl (C=O) groups is 2. The first-order valence-corrected chi connectivity index (χ1v) is 13.9. The Bertz CT molecular complexity index is 1260. The van der Waals surface area contributed by atoms with Gasteiger partial charge in [0, 0.05) is 32.8 Å².